The fourth-order valence-corrected chi connectivity index (χ4v) is 8.29. The van der Waals surface area contributed by atoms with Crippen LogP contribution in [0.1, 0.15) is 0 Å². The van der Waals surface area contributed by atoms with Crippen molar-refractivity contribution in [1.82, 2.24) is 19.1 Å². The number of fused-ring (bicyclic) bond motifs is 7. The topological polar surface area (TPSA) is 35.6 Å². The molecule has 11 aromatic rings. The first kappa shape index (κ1) is 30.3. The first-order chi connectivity index (χ1) is 26.8. The van der Waals surface area contributed by atoms with E-state index in [2.05, 4.69) is 190 Å². The van der Waals surface area contributed by atoms with Gasteiger partial charge in [-0.05, 0) is 82.2 Å². The second-order valence-corrected chi connectivity index (χ2v) is 13.9. The molecule has 0 atom stereocenters. The monoisotopic (exact) mass is 688 g/mol. The summed E-state index contributed by atoms with van der Waals surface area (Å²) in [5, 5.41) is 7.25. The van der Waals surface area contributed by atoms with Crippen molar-refractivity contribution >= 4 is 54.4 Å². The molecule has 0 aliphatic rings. The molecule has 4 heteroatoms. The van der Waals surface area contributed by atoms with Gasteiger partial charge in [0.25, 0.3) is 0 Å². The Kier molecular flexibility index (Phi) is 6.82. The van der Waals surface area contributed by atoms with Gasteiger partial charge in [-0.3, -0.25) is 9.55 Å². The summed E-state index contributed by atoms with van der Waals surface area (Å²) in [5.41, 5.74) is 12.3. The van der Waals surface area contributed by atoms with Gasteiger partial charge in [0.15, 0.2) is 0 Å². The van der Waals surface area contributed by atoms with Crippen LogP contribution in [0, 0.1) is 0 Å². The van der Waals surface area contributed by atoms with Crippen molar-refractivity contribution in [3.05, 3.63) is 194 Å². The molecule has 0 saturated heterocycles. The highest BCUT2D eigenvalue weighted by atomic mass is 15.1. The molecular weight excluding hydrogens is 657 g/mol. The molecule has 0 amide bonds. The third-order valence-corrected chi connectivity index (χ3v) is 10.8. The molecule has 54 heavy (non-hydrogen) atoms. The van der Waals surface area contributed by atoms with Crippen LogP contribution in [0.4, 0.5) is 0 Å². The van der Waals surface area contributed by atoms with Crippen molar-refractivity contribution < 1.29 is 0 Å². The van der Waals surface area contributed by atoms with Crippen molar-refractivity contribution in [2.24, 2.45) is 0 Å². The van der Waals surface area contributed by atoms with E-state index in [4.69, 9.17) is 4.98 Å². The summed E-state index contributed by atoms with van der Waals surface area (Å²) in [6, 6.07) is 65.2. The summed E-state index contributed by atoms with van der Waals surface area (Å²) < 4.78 is 4.68. The summed E-state index contributed by atoms with van der Waals surface area (Å²) in [4.78, 5) is 9.89. The lowest BCUT2D eigenvalue weighted by molar-refractivity contribution is 1.08. The van der Waals surface area contributed by atoms with Crippen molar-refractivity contribution in [2.45, 2.75) is 0 Å². The molecule has 0 fully saturated rings. The van der Waals surface area contributed by atoms with Crippen LogP contribution < -0.4 is 0 Å². The van der Waals surface area contributed by atoms with Crippen LogP contribution in [0.2, 0.25) is 0 Å². The van der Waals surface area contributed by atoms with Gasteiger partial charge in [0.1, 0.15) is 5.82 Å². The van der Waals surface area contributed by atoms with Crippen LogP contribution in [-0.4, -0.2) is 19.1 Å². The van der Waals surface area contributed by atoms with Crippen LogP contribution in [0.15, 0.2) is 194 Å². The third kappa shape index (κ3) is 4.78. The number of nitrogens with zero attached hydrogens (tertiary/aromatic N) is 4. The lowest BCUT2D eigenvalue weighted by Crippen LogP contribution is -2.00. The van der Waals surface area contributed by atoms with E-state index < -0.39 is 0 Å². The van der Waals surface area contributed by atoms with Crippen LogP contribution in [0.3, 0.4) is 0 Å². The Bertz CT molecular complexity index is 3150. The molecule has 4 nitrogen and oxygen atoms in total. The number of aromatic nitrogens is 4. The maximum atomic E-state index is 5.29. The summed E-state index contributed by atoms with van der Waals surface area (Å²) in [7, 11) is 0. The Balaban J connectivity index is 1.10. The Morgan fingerprint density at radius 1 is 0.352 bits per heavy atom. The number of benzene rings is 7. The zero-order valence-corrected chi connectivity index (χ0v) is 29.3. The smallest absolute Gasteiger partial charge is 0.138 e. The molecule has 4 heterocycles. The van der Waals surface area contributed by atoms with E-state index in [0.717, 1.165) is 50.0 Å². The van der Waals surface area contributed by atoms with Crippen LogP contribution in [-0.2, 0) is 0 Å². The maximum Gasteiger partial charge on any atom is 0.138 e. The minimum atomic E-state index is 0.860. The van der Waals surface area contributed by atoms with Crippen molar-refractivity contribution in [3.8, 4) is 45.0 Å². The molecule has 0 N–H and O–H groups in total. The predicted molar refractivity (Wildman–Crippen MR) is 225 cm³/mol. The van der Waals surface area contributed by atoms with Gasteiger partial charge >= 0.3 is 0 Å². The van der Waals surface area contributed by atoms with E-state index in [1.807, 2.05) is 18.5 Å². The Hall–Kier alpha value is -7.30. The molecule has 0 unspecified atom stereocenters. The zero-order chi connectivity index (χ0) is 35.6. The number of hydrogen-bond donors (Lipinski definition) is 0. The standard InChI is InChI=1S/C50H32N4/c1-3-12-33(13-4-1)38-30-44(35-15-5-2-6-16-35)52-50(31-38)54-48-25-23-37(29-43(48)41-26-27-51-32-49(41)54)36-22-24-47-42(28-36)40-19-9-10-20-46(40)53(47)45-21-11-17-34-14-7-8-18-39(34)45/h1-32H. The molecule has 7 aromatic carbocycles. The van der Waals surface area contributed by atoms with Crippen LogP contribution in [0.25, 0.3) is 99.4 Å². The first-order valence-electron chi connectivity index (χ1n) is 18.3. The highest BCUT2D eigenvalue weighted by Crippen LogP contribution is 2.39. The average Bonchev–Trinajstić information content (AvgIpc) is 3.76. The molecule has 4 aromatic heterocycles. The second kappa shape index (κ2) is 12.1. The number of para-hydroxylation sites is 1. The molecule has 11 rings (SSSR count). The minimum absolute atomic E-state index is 0.860. The van der Waals surface area contributed by atoms with E-state index in [9.17, 15) is 0 Å². The summed E-state index contributed by atoms with van der Waals surface area (Å²) in [6.45, 7) is 0. The van der Waals surface area contributed by atoms with E-state index in [0.29, 0.717) is 0 Å². The average molecular weight is 689 g/mol. The highest BCUT2D eigenvalue weighted by Gasteiger charge is 2.18. The summed E-state index contributed by atoms with van der Waals surface area (Å²) in [6.07, 6.45) is 3.85. The van der Waals surface area contributed by atoms with Gasteiger partial charge in [-0.15, -0.1) is 0 Å². The van der Waals surface area contributed by atoms with Gasteiger partial charge in [0.2, 0.25) is 0 Å². The van der Waals surface area contributed by atoms with Gasteiger partial charge in [-0.1, -0.05) is 127 Å². The van der Waals surface area contributed by atoms with Crippen molar-refractivity contribution in [3.63, 3.8) is 0 Å². The quantitative estimate of drug-likeness (QED) is 0.180. The normalized spacial score (nSPS) is 11.7. The molecule has 0 aliphatic heterocycles. The van der Waals surface area contributed by atoms with E-state index in [-0.39, 0.29) is 0 Å². The van der Waals surface area contributed by atoms with Gasteiger partial charge in [0.05, 0.1) is 39.6 Å². The number of pyridine rings is 2. The predicted octanol–water partition coefficient (Wildman–Crippen LogP) is 12.8. The van der Waals surface area contributed by atoms with Crippen LogP contribution >= 0.6 is 0 Å². The SMILES string of the molecule is c1ccc(-c2cc(-c3ccccc3)nc(-n3c4ccc(-c5ccc6c(c5)c5ccccc5n6-c5cccc6ccccc56)cc4c4ccncc43)c2)cc1. The molecule has 0 aliphatic carbocycles. The third-order valence-electron chi connectivity index (χ3n) is 10.8. The molecule has 0 spiro atoms. The molecule has 0 bridgehead atoms. The van der Waals surface area contributed by atoms with E-state index in [1.54, 1.807) is 0 Å². The Morgan fingerprint density at radius 3 is 1.74 bits per heavy atom. The second-order valence-electron chi connectivity index (χ2n) is 13.9. The van der Waals surface area contributed by atoms with Crippen molar-refractivity contribution in [2.75, 3.05) is 0 Å². The van der Waals surface area contributed by atoms with Gasteiger partial charge in [0, 0.05) is 38.7 Å². The molecule has 0 saturated carbocycles. The van der Waals surface area contributed by atoms with Gasteiger partial charge in [-0.25, -0.2) is 4.98 Å². The number of rotatable bonds is 5. The van der Waals surface area contributed by atoms with Gasteiger partial charge in [-0.2, -0.15) is 0 Å². The molecular formula is C50H32N4. The summed E-state index contributed by atoms with van der Waals surface area (Å²) in [5.74, 6) is 0.860. The Labute approximate surface area is 311 Å². The van der Waals surface area contributed by atoms with E-state index in [1.165, 1.54) is 49.4 Å². The van der Waals surface area contributed by atoms with Crippen molar-refractivity contribution in [1.29, 1.82) is 0 Å². The lowest BCUT2D eigenvalue weighted by Gasteiger charge is -2.13. The largest absolute Gasteiger partial charge is 0.309 e. The first-order valence-corrected chi connectivity index (χ1v) is 18.3. The van der Waals surface area contributed by atoms with Gasteiger partial charge < -0.3 is 4.57 Å². The van der Waals surface area contributed by atoms with Crippen LogP contribution in [0.5, 0.6) is 0 Å². The minimum Gasteiger partial charge on any atom is -0.309 e. The molecule has 252 valence electrons. The highest BCUT2D eigenvalue weighted by molar-refractivity contribution is 6.13. The fourth-order valence-electron chi connectivity index (χ4n) is 8.29. The number of hydrogen-bond acceptors (Lipinski definition) is 2. The van der Waals surface area contributed by atoms with E-state index >= 15 is 0 Å². The molecule has 0 radical (unpaired) electrons. The Morgan fingerprint density at radius 2 is 0.963 bits per heavy atom. The maximum absolute atomic E-state index is 5.29. The zero-order valence-electron chi connectivity index (χ0n) is 29.3. The summed E-state index contributed by atoms with van der Waals surface area (Å²) >= 11 is 0. The fraction of sp³-hybridized carbons (Fsp3) is 0. The lowest BCUT2D eigenvalue weighted by atomic mass is 10.0.